The molecule has 226 valence electrons. The number of hydrogen-bond acceptors (Lipinski definition) is 7. The first kappa shape index (κ1) is 31.1. The number of ether oxygens (including phenoxy) is 3. The molecular weight excluding hydrogens is 550 g/mol. The molecule has 0 radical (unpaired) electrons. The number of hydroxylamine groups is 1. The van der Waals surface area contributed by atoms with Gasteiger partial charge in [0, 0.05) is 29.7 Å². The summed E-state index contributed by atoms with van der Waals surface area (Å²) in [6.07, 6.45) is 1.45. The lowest BCUT2D eigenvalue weighted by Gasteiger charge is -2.22. The molecule has 43 heavy (non-hydrogen) atoms. The van der Waals surface area contributed by atoms with Gasteiger partial charge in [-0.2, -0.15) is 0 Å². The van der Waals surface area contributed by atoms with Crippen molar-refractivity contribution in [2.24, 2.45) is 5.92 Å². The quantitative estimate of drug-likeness (QED) is 0.0903. The van der Waals surface area contributed by atoms with Gasteiger partial charge in [0.2, 0.25) is 23.3 Å². The summed E-state index contributed by atoms with van der Waals surface area (Å²) in [5.41, 5.74) is 4.60. The van der Waals surface area contributed by atoms with Crippen LogP contribution in [0.15, 0.2) is 72.8 Å². The number of H-pyrrole nitrogens is 1. The Hall–Kier alpha value is -4.83. The average Bonchev–Trinajstić information content (AvgIpc) is 3.48. The molecule has 10 nitrogen and oxygen atoms in total. The molecule has 2 amide bonds. The fourth-order valence-corrected chi connectivity index (χ4v) is 5.17. The lowest BCUT2D eigenvalue weighted by Crippen LogP contribution is -2.46. The van der Waals surface area contributed by atoms with E-state index < -0.39 is 23.8 Å². The molecule has 0 fully saturated rings. The van der Waals surface area contributed by atoms with E-state index in [9.17, 15) is 19.6 Å². The Balaban J connectivity index is 1.52. The number of carbonyl (C=O) groups excluding carboxylic acids is 3. The fraction of sp³-hybridized carbons (Fsp3) is 0.303. The number of para-hydroxylation sites is 1. The van der Waals surface area contributed by atoms with Crippen LogP contribution in [0.4, 0.5) is 0 Å². The van der Waals surface area contributed by atoms with Crippen LogP contribution in [0.3, 0.4) is 0 Å². The normalized spacial score (nSPS) is 12.3. The minimum absolute atomic E-state index is 0.240. The van der Waals surface area contributed by atoms with Crippen molar-refractivity contribution in [3.05, 3.63) is 89.6 Å². The van der Waals surface area contributed by atoms with Crippen LogP contribution in [0, 0.1) is 5.92 Å². The van der Waals surface area contributed by atoms with E-state index in [0.717, 1.165) is 22.0 Å². The molecule has 3 aromatic carbocycles. The molecule has 4 aromatic rings. The highest BCUT2D eigenvalue weighted by atomic mass is 16.5. The van der Waals surface area contributed by atoms with Crippen molar-refractivity contribution >= 4 is 28.5 Å². The summed E-state index contributed by atoms with van der Waals surface area (Å²) >= 11 is 0. The highest BCUT2D eigenvalue weighted by Gasteiger charge is 2.29. The van der Waals surface area contributed by atoms with Crippen molar-refractivity contribution in [2.75, 3.05) is 21.3 Å². The summed E-state index contributed by atoms with van der Waals surface area (Å²) in [7, 11) is 4.61. The summed E-state index contributed by atoms with van der Waals surface area (Å²) in [5, 5.41) is 13.0. The van der Waals surface area contributed by atoms with E-state index in [1.165, 1.54) is 21.3 Å². The van der Waals surface area contributed by atoms with Crippen LogP contribution in [-0.4, -0.2) is 55.2 Å². The lowest BCUT2D eigenvalue weighted by atomic mass is 9.93. The second-order valence-electron chi connectivity index (χ2n) is 10.2. The molecule has 0 saturated carbocycles. The van der Waals surface area contributed by atoms with Crippen molar-refractivity contribution in [1.29, 1.82) is 0 Å². The fourth-order valence-electron chi connectivity index (χ4n) is 5.17. The average molecular weight is 588 g/mol. The van der Waals surface area contributed by atoms with E-state index in [4.69, 9.17) is 14.2 Å². The van der Waals surface area contributed by atoms with Crippen molar-refractivity contribution < 1.29 is 33.8 Å². The number of hydrogen-bond donors (Lipinski definition) is 4. The van der Waals surface area contributed by atoms with Gasteiger partial charge in [-0.25, -0.2) is 5.48 Å². The second-order valence-corrected chi connectivity index (χ2v) is 10.2. The molecule has 2 atom stereocenters. The number of aromatic nitrogens is 1. The number of methoxy groups -OCH3 is 3. The predicted molar refractivity (Wildman–Crippen MR) is 162 cm³/mol. The van der Waals surface area contributed by atoms with E-state index in [0.29, 0.717) is 42.2 Å². The van der Waals surface area contributed by atoms with Gasteiger partial charge in [-0.1, -0.05) is 48.5 Å². The summed E-state index contributed by atoms with van der Waals surface area (Å²) in [6, 6.07) is 21.6. The van der Waals surface area contributed by atoms with E-state index in [-0.39, 0.29) is 18.6 Å². The van der Waals surface area contributed by atoms with Gasteiger partial charge in [0.15, 0.2) is 11.5 Å². The van der Waals surface area contributed by atoms with Crippen molar-refractivity contribution in [3.63, 3.8) is 0 Å². The van der Waals surface area contributed by atoms with E-state index in [1.54, 1.807) is 11.5 Å². The summed E-state index contributed by atoms with van der Waals surface area (Å²) < 4.78 is 16.3. The molecule has 0 bridgehead atoms. The minimum Gasteiger partial charge on any atom is -0.493 e. The number of carbonyl (C=O) groups is 3. The van der Waals surface area contributed by atoms with E-state index >= 15 is 0 Å². The summed E-state index contributed by atoms with van der Waals surface area (Å²) in [4.78, 5) is 42.7. The molecule has 0 aliphatic rings. The van der Waals surface area contributed by atoms with Gasteiger partial charge in [-0.3, -0.25) is 19.6 Å². The van der Waals surface area contributed by atoms with Crippen LogP contribution in [-0.2, 0) is 22.4 Å². The molecule has 0 unspecified atom stereocenters. The zero-order chi connectivity index (χ0) is 30.8. The number of aromatic amines is 1. The monoisotopic (exact) mass is 587 g/mol. The van der Waals surface area contributed by atoms with Gasteiger partial charge < -0.3 is 24.5 Å². The SMILES string of the molecule is COc1cc(CCC[C@@H](CC(=O)NO)C(=O)N[C@@H](Cc2ccccc2)C(=O)c2cc3ccccc3[nH]2)cc(OC)c1OC. The molecule has 4 rings (SSSR count). The number of ketones is 1. The Morgan fingerprint density at radius 2 is 1.53 bits per heavy atom. The number of aryl methyl sites for hydroxylation is 1. The third-order valence-electron chi connectivity index (χ3n) is 7.38. The number of amides is 2. The Bertz CT molecular complexity index is 1490. The lowest BCUT2D eigenvalue weighted by molar-refractivity contribution is -0.135. The molecular formula is C33H37N3O7. The number of Topliss-reactive ketones (excluding diaryl/α,β-unsaturated/α-hetero) is 1. The molecule has 10 heteroatoms. The smallest absolute Gasteiger partial charge is 0.244 e. The van der Waals surface area contributed by atoms with Crippen LogP contribution in [0.2, 0.25) is 0 Å². The standard InChI is InChI=1S/C33H37N3O7/c1-41-28-17-22(18-29(42-2)32(28)43-3)12-9-14-24(20-30(37)36-40)33(39)35-26(16-21-10-5-4-6-11-21)31(38)27-19-23-13-7-8-15-25(23)34-27/h4-8,10-11,13,15,17-19,24,26,34,40H,9,12,14,16,20H2,1-3H3,(H,35,39)(H,36,37)/t24-,26-/m0/s1. The third kappa shape index (κ3) is 7.92. The molecule has 1 aromatic heterocycles. The third-order valence-corrected chi connectivity index (χ3v) is 7.38. The largest absolute Gasteiger partial charge is 0.493 e. The van der Waals surface area contributed by atoms with Crippen LogP contribution in [0.5, 0.6) is 17.2 Å². The first-order valence-corrected chi connectivity index (χ1v) is 14.0. The maximum atomic E-state index is 13.7. The number of nitrogens with one attached hydrogen (secondary N) is 3. The predicted octanol–water partition coefficient (Wildman–Crippen LogP) is 4.64. The Labute approximate surface area is 250 Å². The molecule has 4 N–H and O–H groups in total. The van der Waals surface area contributed by atoms with Gasteiger partial charge in [0.05, 0.1) is 33.1 Å². The number of fused-ring (bicyclic) bond motifs is 1. The first-order chi connectivity index (χ1) is 20.9. The highest BCUT2D eigenvalue weighted by molar-refractivity contribution is 6.04. The van der Waals surface area contributed by atoms with Gasteiger partial charge in [0.1, 0.15) is 0 Å². The number of rotatable bonds is 15. The minimum atomic E-state index is -0.877. The zero-order valence-electron chi connectivity index (χ0n) is 24.5. The molecule has 1 heterocycles. The number of benzene rings is 3. The van der Waals surface area contributed by atoms with Crippen LogP contribution in [0.25, 0.3) is 10.9 Å². The van der Waals surface area contributed by atoms with E-state index in [2.05, 4.69) is 10.3 Å². The Morgan fingerprint density at radius 3 is 2.16 bits per heavy atom. The van der Waals surface area contributed by atoms with Crippen LogP contribution < -0.4 is 25.0 Å². The van der Waals surface area contributed by atoms with Crippen LogP contribution in [0.1, 0.15) is 40.9 Å². The molecule has 0 spiro atoms. The first-order valence-electron chi connectivity index (χ1n) is 14.0. The molecule has 0 aliphatic heterocycles. The van der Waals surface area contributed by atoms with Gasteiger partial charge in [0.25, 0.3) is 0 Å². The van der Waals surface area contributed by atoms with Crippen molar-refractivity contribution in [1.82, 2.24) is 15.8 Å². The van der Waals surface area contributed by atoms with Crippen LogP contribution >= 0.6 is 0 Å². The Kier molecular flexibility index (Phi) is 10.8. The van der Waals surface area contributed by atoms with Crippen molar-refractivity contribution in [3.8, 4) is 17.2 Å². The maximum Gasteiger partial charge on any atom is 0.244 e. The topological polar surface area (TPSA) is 139 Å². The highest BCUT2D eigenvalue weighted by Crippen LogP contribution is 2.38. The second kappa shape index (κ2) is 14.9. The van der Waals surface area contributed by atoms with Crippen molar-refractivity contribution in [2.45, 2.75) is 38.1 Å². The molecule has 0 aliphatic carbocycles. The summed E-state index contributed by atoms with van der Waals surface area (Å²) in [5.74, 6) is -0.669. The maximum absolute atomic E-state index is 13.7. The van der Waals surface area contributed by atoms with Gasteiger partial charge in [-0.05, 0) is 54.7 Å². The Morgan fingerprint density at radius 1 is 0.860 bits per heavy atom. The summed E-state index contributed by atoms with van der Waals surface area (Å²) in [6.45, 7) is 0. The zero-order valence-corrected chi connectivity index (χ0v) is 24.5. The van der Waals surface area contributed by atoms with Gasteiger partial charge >= 0.3 is 0 Å². The van der Waals surface area contributed by atoms with E-state index in [1.807, 2.05) is 66.7 Å². The van der Waals surface area contributed by atoms with Gasteiger partial charge in [-0.15, -0.1) is 0 Å². The molecule has 0 saturated heterocycles.